The SMILES string of the molecule is CC.CCC1CC(c2ccn3ncnc(Nc4ccc(Oc5ccc6c(c5)ncn6C)c(C)c4)c23)CC=[N+]1C(=O)/C(O)=C(/C)O. The van der Waals surface area contributed by atoms with E-state index < -0.39 is 11.7 Å². The van der Waals surface area contributed by atoms with Crippen LogP contribution in [0.5, 0.6) is 11.5 Å². The molecule has 2 atom stereocenters. The van der Waals surface area contributed by atoms with Crippen LogP contribution in [0.4, 0.5) is 11.5 Å². The molecule has 0 spiro atoms. The highest BCUT2D eigenvalue weighted by Gasteiger charge is 2.37. The van der Waals surface area contributed by atoms with E-state index >= 15 is 0 Å². The Morgan fingerprint density at radius 2 is 1.93 bits per heavy atom. The average molecular weight is 611 g/mol. The molecule has 2 aromatic carbocycles. The number of rotatable bonds is 7. The van der Waals surface area contributed by atoms with Crippen LogP contribution in [-0.4, -0.2) is 57.1 Å². The van der Waals surface area contributed by atoms with Crippen molar-refractivity contribution in [1.82, 2.24) is 24.1 Å². The van der Waals surface area contributed by atoms with E-state index in [2.05, 4.69) is 20.4 Å². The van der Waals surface area contributed by atoms with Crippen molar-refractivity contribution in [2.75, 3.05) is 5.32 Å². The van der Waals surface area contributed by atoms with Crippen LogP contribution in [0.1, 0.15) is 64.0 Å². The first-order valence-electron chi connectivity index (χ1n) is 15.3. The van der Waals surface area contributed by atoms with Crippen LogP contribution in [0.25, 0.3) is 16.6 Å². The molecule has 45 heavy (non-hydrogen) atoms. The van der Waals surface area contributed by atoms with Crippen molar-refractivity contribution in [3.05, 3.63) is 84.0 Å². The van der Waals surface area contributed by atoms with Gasteiger partial charge in [-0.25, -0.2) is 19.3 Å². The number of hydrogen-bond donors (Lipinski definition) is 3. The van der Waals surface area contributed by atoms with E-state index in [0.29, 0.717) is 25.1 Å². The number of aryl methyl sites for hydroxylation is 2. The normalized spacial score (nSPS) is 16.9. The molecular weight excluding hydrogens is 570 g/mol. The highest BCUT2D eigenvalue weighted by atomic mass is 16.5. The highest BCUT2D eigenvalue weighted by Crippen LogP contribution is 2.36. The Bertz CT molecular complexity index is 1920. The number of anilines is 2. The van der Waals surface area contributed by atoms with Gasteiger partial charge >= 0.3 is 5.91 Å². The van der Waals surface area contributed by atoms with Gasteiger partial charge in [0, 0.05) is 50.2 Å². The van der Waals surface area contributed by atoms with Crippen molar-refractivity contribution < 1.29 is 24.3 Å². The Hall–Kier alpha value is -5.19. The summed E-state index contributed by atoms with van der Waals surface area (Å²) in [5.41, 5.74) is 5.68. The number of benzene rings is 2. The van der Waals surface area contributed by atoms with Crippen LogP contribution in [0.2, 0.25) is 0 Å². The maximum Gasteiger partial charge on any atom is 0.457 e. The molecule has 3 aromatic heterocycles. The number of aromatic nitrogens is 5. The number of nitrogens with one attached hydrogen (secondary N) is 1. The Morgan fingerprint density at radius 3 is 2.67 bits per heavy atom. The number of nitrogens with zero attached hydrogens (tertiary/aromatic N) is 6. The summed E-state index contributed by atoms with van der Waals surface area (Å²) in [4.78, 5) is 21.8. The van der Waals surface area contributed by atoms with Gasteiger partial charge in [-0.2, -0.15) is 9.67 Å². The van der Waals surface area contributed by atoms with Crippen LogP contribution < -0.4 is 10.1 Å². The number of imidazole rings is 1. The van der Waals surface area contributed by atoms with Gasteiger partial charge < -0.3 is 24.8 Å². The van der Waals surface area contributed by atoms with E-state index in [4.69, 9.17) is 4.74 Å². The number of carbonyl (C=O) groups is 1. The van der Waals surface area contributed by atoms with E-state index in [1.54, 1.807) is 10.9 Å². The monoisotopic (exact) mass is 610 g/mol. The van der Waals surface area contributed by atoms with Crippen molar-refractivity contribution >= 4 is 40.2 Å². The fourth-order valence-corrected chi connectivity index (χ4v) is 5.76. The Kier molecular flexibility index (Phi) is 9.17. The smallest absolute Gasteiger partial charge is 0.457 e. The first kappa shape index (κ1) is 31.2. The molecule has 11 heteroatoms. The predicted octanol–water partition coefficient (Wildman–Crippen LogP) is 7.10. The van der Waals surface area contributed by atoms with Crippen molar-refractivity contribution in [2.24, 2.45) is 7.05 Å². The van der Waals surface area contributed by atoms with Gasteiger partial charge in [0.2, 0.25) is 0 Å². The van der Waals surface area contributed by atoms with Gasteiger partial charge in [0.05, 0.1) is 17.4 Å². The summed E-state index contributed by atoms with van der Waals surface area (Å²) in [5.74, 6) is 0.658. The fraction of sp³-hybridized carbons (Fsp3) is 0.324. The summed E-state index contributed by atoms with van der Waals surface area (Å²) in [7, 11) is 1.96. The van der Waals surface area contributed by atoms with Crippen LogP contribution >= 0.6 is 0 Å². The molecule has 0 aliphatic carbocycles. The van der Waals surface area contributed by atoms with Gasteiger partial charge in [-0.05, 0) is 61.4 Å². The van der Waals surface area contributed by atoms with Gasteiger partial charge in [0.1, 0.15) is 35.3 Å². The van der Waals surface area contributed by atoms with Gasteiger partial charge in [-0.1, -0.05) is 20.8 Å². The largest absolute Gasteiger partial charge is 0.508 e. The highest BCUT2D eigenvalue weighted by molar-refractivity contribution is 5.87. The van der Waals surface area contributed by atoms with Gasteiger partial charge in [0.25, 0.3) is 5.76 Å². The number of aliphatic hydroxyl groups is 2. The molecule has 11 nitrogen and oxygen atoms in total. The van der Waals surface area contributed by atoms with E-state index in [1.165, 1.54) is 13.3 Å². The molecule has 2 unspecified atom stereocenters. The topological polar surface area (TPSA) is 130 Å². The minimum Gasteiger partial charge on any atom is -0.508 e. The van der Waals surface area contributed by atoms with Gasteiger partial charge in [-0.3, -0.25) is 0 Å². The Balaban J connectivity index is 0.00000196. The number of carbonyl (C=O) groups excluding carboxylic acids is 1. The van der Waals surface area contributed by atoms with Crippen molar-refractivity contribution in [3.8, 4) is 11.5 Å². The van der Waals surface area contributed by atoms with Crippen molar-refractivity contribution in [2.45, 2.75) is 65.8 Å². The zero-order valence-corrected chi connectivity index (χ0v) is 26.5. The molecule has 6 rings (SSSR count). The van der Waals surface area contributed by atoms with Gasteiger partial charge in [0.15, 0.2) is 11.9 Å². The minimum absolute atomic E-state index is 0.112. The quantitative estimate of drug-likeness (QED) is 0.101. The van der Waals surface area contributed by atoms with Crippen molar-refractivity contribution in [1.29, 1.82) is 0 Å². The van der Waals surface area contributed by atoms with Crippen LogP contribution in [-0.2, 0) is 11.8 Å². The van der Waals surface area contributed by atoms with E-state index in [9.17, 15) is 15.0 Å². The lowest BCUT2D eigenvalue weighted by atomic mass is 9.86. The number of ether oxygens (including phenoxy) is 1. The van der Waals surface area contributed by atoms with Crippen LogP contribution in [0.15, 0.2) is 72.8 Å². The Labute approximate surface area is 262 Å². The minimum atomic E-state index is -0.622. The maximum absolute atomic E-state index is 12.8. The summed E-state index contributed by atoms with van der Waals surface area (Å²) in [6.07, 6.45) is 9.02. The molecular formula is C34H40N7O4+. The molecule has 0 saturated heterocycles. The molecule has 3 N–H and O–H groups in total. The number of aliphatic hydroxyl groups excluding tert-OH is 2. The lowest BCUT2D eigenvalue weighted by molar-refractivity contribution is -0.490. The number of hydrogen-bond acceptors (Lipinski definition) is 8. The summed E-state index contributed by atoms with van der Waals surface area (Å²) >= 11 is 0. The number of fused-ring (bicyclic) bond motifs is 2. The lowest BCUT2D eigenvalue weighted by Crippen LogP contribution is -2.38. The maximum atomic E-state index is 12.8. The predicted molar refractivity (Wildman–Crippen MR) is 175 cm³/mol. The molecule has 0 saturated carbocycles. The molecule has 1 aliphatic heterocycles. The number of allylic oxidation sites excluding steroid dienone is 1. The second kappa shape index (κ2) is 13.2. The third-order valence-electron chi connectivity index (χ3n) is 8.07. The third-order valence-corrected chi connectivity index (χ3v) is 8.07. The van der Waals surface area contributed by atoms with Crippen LogP contribution in [0.3, 0.4) is 0 Å². The first-order valence-corrected chi connectivity index (χ1v) is 15.3. The molecule has 0 radical (unpaired) electrons. The van der Waals surface area contributed by atoms with E-state index in [-0.39, 0.29) is 17.7 Å². The third kappa shape index (κ3) is 6.24. The number of amides is 1. The zero-order chi connectivity index (χ0) is 32.2. The van der Waals surface area contributed by atoms with Crippen LogP contribution in [0, 0.1) is 6.92 Å². The lowest BCUT2D eigenvalue weighted by Gasteiger charge is -2.24. The van der Waals surface area contributed by atoms with E-state index in [0.717, 1.165) is 44.9 Å². The molecule has 1 amide bonds. The molecule has 0 fully saturated rings. The average Bonchev–Trinajstić information content (AvgIpc) is 3.66. The second-order valence-corrected chi connectivity index (χ2v) is 10.9. The summed E-state index contributed by atoms with van der Waals surface area (Å²) in [5, 5.41) is 27.6. The summed E-state index contributed by atoms with van der Waals surface area (Å²) in [6.45, 7) is 9.31. The molecule has 5 aromatic rings. The summed E-state index contributed by atoms with van der Waals surface area (Å²) in [6, 6.07) is 13.7. The molecule has 0 bridgehead atoms. The molecule has 1 aliphatic rings. The van der Waals surface area contributed by atoms with Gasteiger partial charge in [-0.15, -0.1) is 0 Å². The molecule has 234 valence electrons. The fourth-order valence-electron chi connectivity index (χ4n) is 5.76. The van der Waals surface area contributed by atoms with Crippen molar-refractivity contribution in [3.63, 3.8) is 0 Å². The Morgan fingerprint density at radius 1 is 1.13 bits per heavy atom. The molecule has 4 heterocycles. The second-order valence-electron chi connectivity index (χ2n) is 10.9. The summed E-state index contributed by atoms with van der Waals surface area (Å²) < 4.78 is 11.5. The zero-order valence-electron chi connectivity index (χ0n) is 26.5. The standard InChI is InChI=1S/C32H33N7O4.C2H6/c1-5-23-15-21(10-12-38(23)32(42)30(41)20(3)40)25-11-13-39-29(25)31(33-17-35-39)36-22-6-9-28(19(2)14-22)43-24-7-8-27-26(16-24)34-18-37(27)4;1-2/h6-9,11-14,16-18,21,23H,5,10,15H2,1-4H3,(H2-,33,35,36,40,41,42);1-2H3/p+1. The van der Waals surface area contributed by atoms with E-state index in [1.807, 2.05) is 98.7 Å². The first-order chi connectivity index (χ1) is 21.7.